The minimum absolute atomic E-state index is 0.0795. The van der Waals surface area contributed by atoms with Crippen LogP contribution in [0.1, 0.15) is 0 Å². The van der Waals surface area contributed by atoms with E-state index < -0.39 is 4.92 Å². The van der Waals surface area contributed by atoms with Crippen molar-refractivity contribution in [3.8, 4) is 0 Å². The number of rotatable bonds is 4. The first kappa shape index (κ1) is 11.9. The van der Waals surface area contributed by atoms with Gasteiger partial charge in [0.05, 0.1) is 4.92 Å². The van der Waals surface area contributed by atoms with Gasteiger partial charge < -0.3 is 5.32 Å². The first-order valence-electron chi connectivity index (χ1n) is 4.73. The monoisotopic (exact) mass is 267 g/mol. The van der Waals surface area contributed by atoms with Crippen LogP contribution < -0.4 is 5.32 Å². The van der Waals surface area contributed by atoms with Crippen LogP contribution in [0.5, 0.6) is 0 Å². The average molecular weight is 267 g/mol. The van der Waals surface area contributed by atoms with Gasteiger partial charge in [0.1, 0.15) is 0 Å². The smallest absolute Gasteiger partial charge is 0.272 e. The van der Waals surface area contributed by atoms with E-state index in [1.54, 1.807) is 19.3 Å². The van der Waals surface area contributed by atoms with Gasteiger partial charge in [0.15, 0.2) is 4.34 Å². The summed E-state index contributed by atoms with van der Waals surface area (Å²) in [6.45, 7) is 0. The summed E-state index contributed by atoms with van der Waals surface area (Å²) in [4.78, 5) is 15.3. The molecule has 0 aliphatic heterocycles. The van der Waals surface area contributed by atoms with Crippen molar-refractivity contribution in [1.82, 2.24) is 4.98 Å². The highest BCUT2D eigenvalue weighted by molar-refractivity contribution is 8.01. The number of hydrogen-bond acceptors (Lipinski definition) is 6. The van der Waals surface area contributed by atoms with Gasteiger partial charge in [-0.1, -0.05) is 11.8 Å². The molecule has 1 aromatic heterocycles. The van der Waals surface area contributed by atoms with Gasteiger partial charge in [0.2, 0.25) is 0 Å². The Morgan fingerprint density at radius 3 is 2.88 bits per heavy atom. The molecule has 1 N–H and O–H groups in total. The number of non-ortho nitro benzene ring substituents is 1. The third kappa shape index (κ3) is 2.95. The Labute approximate surface area is 106 Å². The van der Waals surface area contributed by atoms with Gasteiger partial charge in [0, 0.05) is 41.3 Å². The van der Waals surface area contributed by atoms with Crippen molar-refractivity contribution < 1.29 is 4.92 Å². The second kappa shape index (κ2) is 5.15. The molecule has 0 fully saturated rings. The Kier molecular flexibility index (Phi) is 3.60. The zero-order valence-corrected chi connectivity index (χ0v) is 10.5. The standard InChI is InChI=1S/C10H9N3O2S2/c1-11-7-4-8(13(14)15)6-9(5-7)17-10-12-2-3-16-10/h2-6,11H,1H3. The Morgan fingerprint density at radius 2 is 2.29 bits per heavy atom. The van der Waals surface area contributed by atoms with Gasteiger partial charge >= 0.3 is 0 Å². The molecule has 0 atom stereocenters. The van der Waals surface area contributed by atoms with Crippen LogP contribution >= 0.6 is 23.1 Å². The fourth-order valence-electron chi connectivity index (χ4n) is 1.25. The molecule has 2 aromatic rings. The van der Waals surface area contributed by atoms with Crippen LogP contribution in [0.25, 0.3) is 0 Å². The van der Waals surface area contributed by atoms with Crippen LogP contribution in [0.3, 0.4) is 0 Å². The van der Waals surface area contributed by atoms with E-state index in [1.807, 2.05) is 11.4 Å². The summed E-state index contributed by atoms with van der Waals surface area (Å²) >= 11 is 2.93. The molecule has 1 heterocycles. The molecule has 0 saturated heterocycles. The van der Waals surface area contributed by atoms with Crippen LogP contribution in [0.2, 0.25) is 0 Å². The van der Waals surface area contributed by atoms with E-state index >= 15 is 0 Å². The number of aromatic nitrogens is 1. The first-order chi connectivity index (χ1) is 8.19. The van der Waals surface area contributed by atoms with Gasteiger partial charge in [-0.3, -0.25) is 10.1 Å². The molecule has 7 heteroatoms. The lowest BCUT2D eigenvalue weighted by Gasteiger charge is -2.03. The Bertz CT molecular complexity index is 528. The lowest BCUT2D eigenvalue weighted by molar-refractivity contribution is -0.385. The number of hydrogen-bond donors (Lipinski definition) is 1. The maximum Gasteiger partial charge on any atom is 0.272 e. The second-order valence-electron chi connectivity index (χ2n) is 3.12. The molecule has 17 heavy (non-hydrogen) atoms. The fourth-order valence-corrected chi connectivity index (χ4v) is 2.94. The van der Waals surface area contributed by atoms with E-state index in [1.165, 1.54) is 29.2 Å². The molecule has 0 aliphatic rings. The summed E-state index contributed by atoms with van der Waals surface area (Å²) < 4.78 is 0.868. The summed E-state index contributed by atoms with van der Waals surface area (Å²) in [6.07, 6.45) is 1.71. The van der Waals surface area contributed by atoms with Gasteiger partial charge in [-0.15, -0.1) is 11.3 Å². The fraction of sp³-hybridized carbons (Fsp3) is 0.100. The SMILES string of the molecule is CNc1cc(Sc2nccs2)cc([N+](=O)[O-])c1. The van der Waals surface area contributed by atoms with Crippen molar-refractivity contribution in [3.63, 3.8) is 0 Å². The quantitative estimate of drug-likeness (QED) is 0.680. The second-order valence-corrected chi connectivity index (χ2v) is 5.34. The van der Waals surface area contributed by atoms with Crippen molar-refractivity contribution in [1.29, 1.82) is 0 Å². The largest absolute Gasteiger partial charge is 0.388 e. The zero-order valence-electron chi connectivity index (χ0n) is 8.91. The van der Waals surface area contributed by atoms with Crippen LogP contribution in [0.4, 0.5) is 11.4 Å². The van der Waals surface area contributed by atoms with Crippen molar-refractivity contribution in [2.24, 2.45) is 0 Å². The Hall–Kier alpha value is -1.60. The Morgan fingerprint density at radius 1 is 1.47 bits per heavy atom. The molecule has 0 amide bonds. The Balaban J connectivity index is 2.33. The molecule has 2 rings (SSSR count). The number of thiazole rings is 1. The molecular weight excluding hydrogens is 258 g/mol. The van der Waals surface area contributed by atoms with E-state index in [2.05, 4.69) is 10.3 Å². The number of nitrogens with one attached hydrogen (secondary N) is 1. The molecule has 0 aliphatic carbocycles. The molecule has 1 aromatic carbocycles. The third-order valence-electron chi connectivity index (χ3n) is 2.01. The van der Waals surface area contributed by atoms with E-state index in [0.29, 0.717) is 0 Å². The molecule has 0 spiro atoms. The number of nitrogens with zero attached hydrogens (tertiary/aromatic N) is 2. The van der Waals surface area contributed by atoms with E-state index in [4.69, 9.17) is 0 Å². The molecular formula is C10H9N3O2S2. The van der Waals surface area contributed by atoms with Crippen molar-refractivity contribution in [2.75, 3.05) is 12.4 Å². The van der Waals surface area contributed by atoms with Gasteiger partial charge in [-0.25, -0.2) is 4.98 Å². The number of anilines is 1. The van der Waals surface area contributed by atoms with Crippen LogP contribution in [0, 0.1) is 10.1 Å². The van der Waals surface area contributed by atoms with Crippen LogP contribution in [-0.4, -0.2) is 17.0 Å². The highest BCUT2D eigenvalue weighted by Crippen LogP contribution is 2.33. The number of nitro groups is 1. The zero-order chi connectivity index (χ0) is 12.3. The van der Waals surface area contributed by atoms with Gasteiger partial charge in [-0.05, 0) is 6.07 Å². The maximum absolute atomic E-state index is 10.8. The van der Waals surface area contributed by atoms with Crippen LogP contribution in [-0.2, 0) is 0 Å². The number of nitro benzene ring substituents is 1. The summed E-state index contributed by atoms with van der Waals surface area (Å²) in [6, 6.07) is 4.91. The third-order valence-corrected chi connectivity index (χ3v) is 3.86. The molecule has 5 nitrogen and oxygen atoms in total. The molecule has 0 radical (unpaired) electrons. The van der Waals surface area contributed by atoms with Crippen LogP contribution in [0.15, 0.2) is 39.0 Å². The van der Waals surface area contributed by atoms with E-state index in [-0.39, 0.29) is 5.69 Å². The van der Waals surface area contributed by atoms with Crippen molar-refractivity contribution >= 4 is 34.5 Å². The summed E-state index contributed by atoms with van der Waals surface area (Å²) in [5.74, 6) is 0. The average Bonchev–Trinajstić information content (AvgIpc) is 2.81. The van der Waals surface area contributed by atoms with E-state index in [9.17, 15) is 10.1 Å². The van der Waals surface area contributed by atoms with Crippen molar-refractivity contribution in [2.45, 2.75) is 9.24 Å². The van der Waals surface area contributed by atoms with Crippen molar-refractivity contribution in [3.05, 3.63) is 39.9 Å². The lowest BCUT2D eigenvalue weighted by Crippen LogP contribution is -1.93. The summed E-state index contributed by atoms with van der Waals surface area (Å²) in [7, 11) is 1.73. The van der Waals surface area contributed by atoms with Gasteiger partial charge in [-0.2, -0.15) is 0 Å². The predicted molar refractivity (Wildman–Crippen MR) is 68.9 cm³/mol. The lowest BCUT2D eigenvalue weighted by atomic mass is 10.3. The number of benzene rings is 1. The maximum atomic E-state index is 10.8. The van der Waals surface area contributed by atoms with E-state index in [0.717, 1.165) is 14.9 Å². The summed E-state index contributed by atoms with van der Waals surface area (Å²) in [5, 5.41) is 15.6. The minimum Gasteiger partial charge on any atom is -0.388 e. The predicted octanol–water partition coefficient (Wildman–Crippen LogP) is 3.24. The molecule has 0 saturated carbocycles. The first-order valence-corrected chi connectivity index (χ1v) is 6.43. The summed E-state index contributed by atoms with van der Waals surface area (Å²) in [5.41, 5.74) is 0.800. The van der Waals surface area contributed by atoms with Gasteiger partial charge in [0.25, 0.3) is 5.69 Å². The molecule has 0 unspecified atom stereocenters. The molecule has 0 bridgehead atoms. The highest BCUT2D eigenvalue weighted by atomic mass is 32.2. The normalized spacial score (nSPS) is 10.2. The molecule has 88 valence electrons. The highest BCUT2D eigenvalue weighted by Gasteiger charge is 2.10. The topological polar surface area (TPSA) is 68.1 Å². The minimum atomic E-state index is -0.396.